The fourth-order valence-electron chi connectivity index (χ4n) is 1.07. The molecule has 0 nitrogen and oxygen atoms in total. The fraction of sp³-hybridized carbons (Fsp3) is 0.100. The van der Waals surface area contributed by atoms with Crippen LogP contribution in [-0.4, -0.2) is 0 Å². The van der Waals surface area contributed by atoms with E-state index in [4.69, 9.17) is 11.6 Å². The van der Waals surface area contributed by atoms with Gasteiger partial charge in [0.15, 0.2) is 23.3 Å². The van der Waals surface area contributed by atoms with Gasteiger partial charge < -0.3 is 0 Å². The number of hydrogen-bond donors (Lipinski definition) is 0. The molecule has 81 valence electrons. The third kappa shape index (κ3) is 2.15. The third-order valence-electron chi connectivity index (χ3n) is 1.81. The second-order valence-electron chi connectivity index (χ2n) is 2.91. The smallest absolute Gasteiger partial charge is 0.165 e. The molecule has 0 aliphatic carbocycles. The standard InChI is InChI=1S/C10H6ClF4/c1-4(11)3-6-9(14)7(12)5(2)8(13)10(6)15/h1-3H2. The van der Waals surface area contributed by atoms with Crippen LogP contribution >= 0.6 is 11.6 Å². The zero-order valence-electron chi connectivity index (χ0n) is 7.51. The van der Waals surface area contributed by atoms with E-state index >= 15 is 0 Å². The van der Waals surface area contributed by atoms with Crippen molar-refractivity contribution < 1.29 is 17.6 Å². The van der Waals surface area contributed by atoms with Gasteiger partial charge in [-0.3, -0.25) is 0 Å². The van der Waals surface area contributed by atoms with E-state index < -0.39 is 40.8 Å². The first kappa shape index (κ1) is 12.0. The van der Waals surface area contributed by atoms with Gasteiger partial charge in [0.25, 0.3) is 0 Å². The average Bonchev–Trinajstić information content (AvgIpc) is 2.18. The molecule has 5 heteroatoms. The zero-order chi connectivity index (χ0) is 11.7. The van der Waals surface area contributed by atoms with E-state index in [2.05, 4.69) is 13.5 Å². The minimum atomic E-state index is -1.51. The van der Waals surface area contributed by atoms with Gasteiger partial charge in [0, 0.05) is 22.6 Å². The van der Waals surface area contributed by atoms with Crippen LogP contribution in [-0.2, 0) is 6.42 Å². The largest absolute Gasteiger partial charge is 0.203 e. The van der Waals surface area contributed by atoms with Gasteiger partial charge in [0.1, 0.15) is 0 Å². The summed E-state index contributed by atoms with van der Waals surface area (Å²) in [6.45, 7) is 6.06. The molecule has 0 N–H and O–H groups in total. The highest BCUT2D eigenvalue weighted by Crippen LogP contribution is 2.25. The van der Waals surface area contributed by atoms with Crippen molar-refractivity contribution in [3.05, 3.63) is 52.9 Å². The zero-order valence-corrected chi connectivity index (χ0v) is 8.27. The van der Waals surface area contributed by atoms with Gasteiger partial charge in [-0.15, -0.1) is 0 Å². The predicted molar refractivity (Wildman–Crippen MR) is 49.4 cm³/mol. The molecular weight excluding hydrogens is 232 g/mol. The van der Waals surface area contributed by atoms with E-state index in [-0.39, 0.29) is 5.03 Å². The summed E-state index contributed by atoms with van der Waals surface area (Å²) in [5.74, 6) is -6.00. The summed E-state index contributed by atoms with van der Waals surface area (Å²) in [5, 5.41) is -0.122. The highest BCUT2D eigenvalue weighted by atomic mass is 35.5. The Hall–Kier alpha value is -1.03. The highest BCUT2D eigenvalue weighted by molar-refractivity contribution is 6.29. The Morgan fingerprint density at radius 2 is 1.40 bits per heavy atom. The van der Waals surface area contributed by atoms with Crippen molar-refractivity contribution in [2.75, 3.05) is 0 Å². The Kier molecular flexibility index (Phi) is 3.39. The molecule has 0 atom stereocenters. The monoisotopic (exact) mass is 237 g/mol. The van der Waals surface area contributed by atoms with Gasteiger partial charge in [0.05, 0.1) is 0 Å². The predicted octanol–water partition coefficient (Wildman–Crippen LogP) is 3.72. The lowest BCUT2D eigenvalue weighted by Crippen LogP contribution is -2.06. The van der Waals surface area contributed by atoms with E-state index in [1.807, 2.05) is 0 Å². The van der Waals surface area contributed by atoms with E-state index in [0.29, 0.717) is 0 Å². The van der Waals surface area contributed by atoms with E-state index in [9.17, 15) is 17.6 Å². The van der Waals surface area contributed by atoms with Gasteiger partial charge in [-0.2, -0.15) is 0 Å². The normalized spacial score (nSPS) is 10.5. The molecule has 1 radical (unpaired) electrons. The van der Waals surface area contributed by atoms with Crippen molar-refractivity contribution in [2.24, 2.45) is 0 Å². The van der Waals surface area contributed by atoms with Crippen molar-refractivity contribution in [3.63, 3.8) is 0 Å². The fourth-order valence-corrected chi connectivity index (χ4v) is 1.20. The minimum absolute atomic E-state index is 0.122. The Bertz CT molecular complexity index is 397. The van der Waals surface area contributed by atoms with Crippen LogP contribution in [0.25, 0.3) is 0 Å². The summed E-state index contributed by atoms with van der Waals surface area (Å²) in [7, 11) is 0. The molecule has 1 aromatic carbocycles. The second-order valence-corrected chi connectivity index (χ2v) is 3.44. The second kappa shape index (κ2) is 4.23. The summed E-state index contributed by atoms with van der Waals surface area (Å²) in [6, 6.07) is 0. The molecule has 0 aromatic heterocycles. The lowest BCUT2D eigenvalue weighted by molar-refractivity contribution is 0.437. The summed E-state index contributed by atoms with van der Waals surface area (Å²) in [4.78, 5) is 0. The Morgan fingerprint density at radius 3 is 1.73 bits per heavy atom. The van der Waals surface area contributed by atoms with E-state index in [1.165, 1.54) is 0 Å². The van der Waals surface area contributed by atoms with Crippen molar-refractivity contribution in [3.8, 4) is 0 Å². The summed E-state index contributed by atoms with van der Waals surface area (Å²) < 4.78 is 52.2. The number of allylic oxidation sites excluding steroid dienone is 1. The van der Waals surface area contributed by atoms with Crippen molar-refractivity contribution in [2.45, 2.75) is 6.42 Å². The van der Waals surface area contributed by atoms with Crippen LogP contribution in [0.5, 0.6) is 0 Å². The van der Waals surface area contributed by atoms with Gasteiger partial charge in [-0.25, -0.2) is 17.6 Å². The van der Waals surface area contributed by atoms with Gasteiger partial charge >= 0.3 is 0 Å². The van der Waals surface area contributed by atoms with Crippen molar-refractivity contribution in [1.29, 1.82) is 0 Å². The summed E-state index contributed by atoms with van der Waals surface area (Å²) in [5.41, 5.74) is -1.72. The molecule has 0 spiro atoms. The highest BCUT2D eigenvalue weighted by Gasteiger charge is 2.22. The van der Waals surface area contributed by atoms with Crippen molar-refractivity contribution >= 4 is 11.6 Å². The Morgan fingerprint density at radius 1 is 1.00 bits per heavy atom. The molecule has 1 aromatic rings. The number of benzene rings is 1. The lowest BCUT2D eigenvalue weighted by Gasteiger charge is -2.08. The topological polar surface area (TPSA) is 0 Å². The first-order valence-electron chi connectivity index (χ1n) is 3.86. The van der Waals surface area contributed by atoms with Gasteiger partial charge in [0.2, 0.25) is 0 Å². The molecule has 0 amide bonds. The van der Waals surface area contributed by atoms with Gasteiger partial charge in [-0.1, -0.05) is 18.2 Å². The molecule has 15 heavy (non-hydrogen) atoms. The van der Waals surface area contributed by atoms with Crippen LogP contribution in [0.15, 0.2) is 11.6 Å². The first-order valence-corrected chi connectivity index (χ1v) is 4.24. The number of hydrogen-bond acceptors (Lipinski definition) is 0. The third-order valence-corrected chi connectivity index (χ3v) is 1.95. The Balaban J connectivity index is 3.45. The molecule has 0 saturated heterocycles. The molecule has 0 fully saturated rings. The summed E-state index contributed by atoms with van der Waals surface area (Å²) >= 11 is 5.31. The van der Waals surface area contributed by atoms with Crippen LogP contribution in [0.3, 0.4) is 0 Å². The molecule has 1 rings (SSSR count). The van der Waals surface area contributed by atoms with Crippen LogP contribution in [0, 0.1) is 30.2 Å². The summed E-state index contributed by atoms with van der Waals surface area (Å²) in [6.07, 6.45) is -0.479. The lowest BCUT2D eigenvalue weighted by atomic mass is 10.1. The maximum absolute atomic E-state index is 13.1. The average molecular weight is 238 g/mol. The maximum atomic E-state index is 13.1. The van der Waals surface area contributed by atoms with Crippen LogP contribution in [0.4, 0.5) is 17.6 Å². The van der Waals surface area contributed by atoms with E-state index in [0.717, 1.165) is 0 Å². The van der Waals surface area contributed by atoms with Crippen LogP contribution in [0.1, 0.15) is 11.1 Å². The minimum Gasteiger partial charge on any atom is -0.203 e. The SMILES string of the molecule is [CH2]c1c(F)c(F)c(CC(=C)Cl)c(F)c1F. The molecule has 0 saturated carbocycles. The molecule has 0 aliphatic rings. The quantitative estimate of drug-likeness (QED) is 0.543. The van der Waals surface area contributed by atoms with Crippen LogP contribution < -0.4 is 0 Å². The number of halogens is 5. The first-order chi connectivity index (χ1) is 6.86. The molecule has 0 heterocycles. The van der Waals surface area contributed by atoms with Gasteiger partial charge in [-0.05, 0) is 6.92 Å². The molecule has 0 unspecified atom stereocenters. The van der Waals surface area contributed by atoms with E-state index in [1.54, 1.807) is 0 Å². The van der Waals surface area contributed by atoms with Crippen molar-refractivity contribution in [1.82, 2.24) is 0 Å². The van der Waals surface area contributed by atoms with Crippen LogP contribution in [0.2, 0.25) is 0 Å². The maximum Gasteiger partial charge on any atom is 0.165 e. The number of rotatable bonds is 2. The Labute approximate surface area is 89.2 Å². The molecule has 0 bridgehead atoms. The molecule has 0 aliphatic heterocycles. The molecular formula is C10H6ClF4.